The third kappa shape index (κ3) is 2.94. The number of aryl methyl sites for hydroxylation is 1. The van der Waals surface area contributed by atoms with E-state index in [0.29, 0.717) is 0 Å². The predicted molar refractivity (Wildman–Crippen MR) is 57.9 cm³/mol. The molecule has 0 heterocycles. The summed E-state index contributed by atoms with van der Waals surface area (Å²) >= 11 is 9.51. The van der Waals surface area contributed by atoms with Crippen LogP contribution >= 0.6 is 23.8 Å². The van der Waals surface area contributed by atoms with Crippen LogP contribution in [-0.2, 0) is 14.3 Å². The second-order valence-electron chi connectivity index (χ2n) is 2.59. The third-order valence-electron chi connectivity index (χ3n) is 1.48. The fourth-order valence-corrected chi connectivity index (χ4v) is 2.09. The van der Waals surface area contributed by atoms with E-state index in [-0.39, 0.29) is 4.90 Å². The molecular weight excluding hydrogens is 244 g/mol. The lowest BCUT2D eigenvalue weighted by Crippen LogP contribution is -2.07. The van der Waals surface area contributed by atoms with Crippen LogP contribution in [0.4, 0.5) is 0 Å². The summed E-state index contributed by atoms with van der Waals surface area (Å²) in [6.45, 7) is 1.85. The Hall–Kier alpha value is -0.650. The first-order valence-electron chi connectivity index (χ1n) is 3.62. The van der Waals surface area contributed by atoms with E-state index in [1.54, 1.807) is 12.1 Å². The van der Waals surface area contributed by atoms with Crippen molar-refractivity contribution in [2.75, 3.05) is 0 Å². The number of thiocarbonyl (C=S) groups is 1. The van der Waals surface area contributed by atoms with Crippen LogP contribution in [0.2, 0.25) is 0 Å². The maximum Gasteiger partial charge on any atom is 0.340 e. The van der Waals surface area contributed by atoms with Gasteiger partial charge in [-0.1, -0.05) is 17.7 Å². The van der Waals surface area contributed by atoms with E-state index in [2.05, 4.69) is 16.4 Å². The third-order valence-corrected chi connectivity index (χ3v) is 3.08. The molecule has 1 aromatic carbocycles. The molecule has 3 nitrogen and oxygen atoms in total. The zero-order chi connectivity index (χ0) is 10.8. The van der Waals surface area contributed by atoms with Gasteiger partial charge in [-0.25, -0.2) is 0 Å². The Bertz CT molecular complexity index is 436. The minimum atomic E-state index is -3.85. The van der Waals surface area contributed by atoms with Gasteiger partial charge in [0.05, 0.1) is 0 Å². The Morgan fingerprint density at radius 1 is 1.36 bits per heavy atom. The van der Waals surface area contributed by atoms with Gasteiger partial charge in [-0.3, -0.25) is 0 Å². The van der Waals surface area contributed by atoms with E-state index in [9.17, 15) is 8.42 Å². The van der Waals surface area contributed by atoms with E-state index in [0.717, 1.165) is 5.56 Å². The average Bonchev–Trinajstić information content (AvgIpc) is 2.02. The minimum absolute atomic E-state index is 0.0334. The van der Waals surface area contributed by atoms with Gasteiger partial charge in [-0.15, -0.1) is 0 Å². The summed E-state index contributed by atoms with van der Waals surface area (Å²) in [7, 11) is -3.85. The van der Waals surface area contributed by atoms with Gasteiger partial charge in [-0.05, 0) is 42.9 Å². The van der Waals surface area contributed by atoms with Gasteiger partial charge in [0, 0.05) is 0 Å². The Balaban J connectivity index is 3.05. The molecule has 0 saturated carbocycles. The predicted octanol–water partition coefficient (Wildman–Crippen LogP) is 2.22. The van der Waals surface area contributed by atoms with Gasteiger partial charge in [0.1, 0.15) is 4.90 Å². The second-order valence-corrected chi connectivity index (χ2v) is 5.07. The maximum absolute atomic E-state index is 11.4. The highest BCUT2D eigenvalue weighted by Crippen LogP contribution is 2.14. The van der Waals surface area contributed by atoms with Crippen LogP contribution in [0.3, 0.4) is 0 Å². The maximum atomic E-state index is 11.4. The van der Waals surface area contributed by atoms with Crippen molar-refractivity contribution in [3.63, 3.8) is 0 Å². The van der Waals surface area contributed by atoms with Gasteiger partial charge in [0.25, 0.3) is 4.51 Å². The highest BCUT2D eigenvalue weighted by Gasteiger charge is 2.16. The van der Waals surface area contributed by atoms with E-state index < -0.39 is 14.6 Å². The highest BCUT2D eigenvalue weighted by molar-refractivity contribution is 7.89. The molecule has 0 spiro atoms. The fourth-order valence-electron chi connectivity index (χ4n) is 0.839. The van der Waals surface area contributed by atoms with Gasteiger partial charge < -0.3 is 4.18 Å². The van der Waals surface area contributed by atoms with Crippen molar-refractivity contribution in [2.45, 2.75) is 11.8 Å². The highest BCUT2D eigenvalue weighted by atomic mass is 35.5. The smallest absolute Gasteiger partial charge is 0.340 e. The molecule has 6 heteroatoms. The van der Waals surface area contributed by atoms with Crippen molar-refractivity contribution in [3.05, 3.63) is 29.8 Å². The molecule has 0 N–H and O–H groups in total. The first-order valence-corrected chi connectivity index (χ1v) is 5.82. The fraction of sp³-hybridized carbons (Fsp3) is 0.125. The summed E-state index contributed by atoms with van der Waals surface area (Å²) < 4.78 is 26.5. The minimum Gasteiger partial charge on any atom is -0.354 e. The van der Waals surface area contributed by atoms with E-state index >= 15 is 0 Å². The van der Waals surface area contributed by atoms with E-state index in [4.69, 9.17) is 11.6 Å². The van der Waals surface area contributed by atoms with Crippen LogP contribution < -0.4 is 0 Å². The molecule has 1 aromatic rings. The van der Waals surface area contributed by atoms with Crippen molar-refractivity contribution < 1.29 is 12.6 Å². The molecule has 0 unspecified atom stereocenters. The largest absolute Gasteiger partial charge is 0.354 e. The summed E-state index contributed by atoms with van der Waals surface area (Å²) in [4.78, 5) is 0.0334. The molecule has 0 amide bonds. The molecule has 0 aliphatic carbocycles. The summed E-state index contributed by atoms with van der Waals surface area (Å²) in [5, 5.41) is 0. The Kier molecular flexibility index (Phi) is 3.47. The lowest BCUT2D eigenvalue weighted by atomic mass is 10.2. The van der Waals surface area contributed by atoms with E-state index in [1.807, 2.05) is 6.92 Å². The van der Waals surface area contributed by atoms with Crippen molar-refractivity contribution in [1.82, 2.24) is 0 Å². The number of hydrogen-bond donors (Lipinski definition) is 0. The molecule has 14 heavy (non-hydrogen) atoms. The lowest BCUT2D eigenvalue weighted by molar-refractivity contribution is 0.493. The Morgan fingerprint density at radius 3 is 2.29 bits per heavy atom. The zero-order valence-corrected chi connectivity index (χ0v) is 9.62. The van der Waals surface area contributed by atoms with Crippen LogP contribution in [0.1, 0.15) is 5.56 Å². The van der Waals surface area contributed by atoms with Crippen LogP contribution in [-0.4, -0.2) is 12.9 Å². The standard InChI is InChI=1S/C8H7ClO3S2/c1-6-2-4-7(5-3-6)14(10,11)12-8(9)13/h2-5H,1H3. The molecule has 76 valence electrons. The monoisotopic (exact) mass is 250 g/mol. The van der Waals surface area contributed by atoms with Crippen LogP contribution in [0.25, 0.3) is 0 Å². The molecular formula is C8H7ClO3S2. The molecule has 0 saturated heterocycles. The summed E-state index contributed by atoms with van der Waals surface area (Å²) in [5.41, 5.74) is 0.956. The number of hydrogen-bond acceptors (Lipinski definition) is 4. The second kappa shape index (κ2) is 4.25. The topological polar surface area (TPSA) is 43.4 Å². The molecule has 0 aliphatic heterocycles. The lowest BCUT2D eigenvalue weighted by Gasteiger charge is -2.03. The Morgan fingerprint density at radius 2 is 1.86 bits per heavy atom. The number of rotatable bonds is 2. The summed E-state index contributed by atoms with van der Waals surface area (Å²) in [6, 6.07) is 6.18. The van der Waals surface area contributed by atoms with Crippen molar-refractivity contribution >= 4 is 38.4 Å². The SMILES string of the molecule is Cc1ccc(S(=O)(=O)OC(=S)Cl)cc1. The van der Waals surface area contributed by atoms with Crippen molar-refractivity contribution in [1.29, 1.82) is 0 Å². The van der Waals surface area contributed by atoms with Crippen molar-refractivity contribution in [3.8, 4) is 0 Å². The van der Waals surface area contributed by atoms with Gasteiger partial charge in [-0.2, -0.15) is 8.42 Å². The molecule has 0 radical (unpaired) electrons. The zero-order valence-electron chi connectivity index (χ0n) is 7.23. The summed E-state index contributed by atoms with van der Waals surface area (Å²) in [5.74, 6) is 0. The number of halogens is 1. The first kappa shape index (κ1) is 11.4. The van der Waals surface area contributed by atoms with E-state index in [1.165, 1.54) is 12.1 Å². The van der Waals surface area contributed by atoms with Crippen molar-refractivity contribution in [2.24, 2.45) is 0 Å². The molecule has 1 rings (SSSR count). The molecule has 0 aromatic heterocycles. The van der Waals surface area contributed by atoms with Crippen LogP contribution in [0, 0.1) is 6.92 Å². The molecule has 0 bridgehead atoms. The summed E-state index contributed by atoms with van der Waals surface area (Å²) in [6.07, 6.45) is 0. The average molecular weight is 251 g/mol. The van der Waals surface area contributed by atoms with Crippen LogP contribution in [0.15, 0.2) is 29.2 Å². The number of benzene rings is 1. The first-order chi connectivity index (χ1) is 6.42. The van der Waals surface area contributed by atoms with Crippen LogP contribution in [0.5, 0.6) is 0 Å². The molecule has 0 atom stereocenters. The van der Waals surface area contributed by atoms with Gasteiger partial charge in [0.15, 0.2) is 0 Å². The van der Waals surface area contributed by atoms with Gasteiger partial charge >= 0.3 is 10.1 Å². The quantitative estimate of drug-likeness (QED) is 0.459. The normalized spacial score (nSPS) is 11.0. The Labute approximate surface area is 92.8 Å². The molecule has 0 aliphatic rings. The molecule has 0 fully saturated rings. The van der Waals surface area contributed by atoms with Gasteiger partial charge in [0.2, 0.25) is 0 Å².